The number of nitrogens with zero attached hydrogens (tertiary/aromatic N) is 1. The lowest BCUT2D eigenvalue weighted by Crippen LogP contribution is -2.10. The fourth-order valence-corrected chi connectivity index (χ4v) is 9.71. The third-order valence-corrected chi connectivity index (χ3v) is 12.7. The van der Waals surface area contributed by atoms with Crippen LogP contribution in [0.4, 0.5) is 17.1 Å². The largest absolute Gasteiger partial charge is 0.456 e. The molecule has 3 aliphatic heterocycles. The summed E-state index contributed by atoms with van der Waals surface area (Å²) in [6.07, 6.45) is 0. The van der Waals surface area contributed by atoms with Gasteiger partial charge in [-0.05, 0) is 123 Å². The van der Waals surface area contributed by atoms with Crippen LogP contribution < -0.4 is 19.1 Å². The number of anilines is 3. The molecular weight excluding hydrogens is 783 g/mol. The highest BCUT2D eigenvalue weighted by atomic mass is 16.5. The van der Waals surface area contributed by atoms with Crippen LogP contribution in [0.15, 0.2) is 224 Å². The highest BCUT2D eigenvalue weighted by Crippen LogP contribution is 2.52. The Morgan fingerprint density at radius 3 is 0.859 bits per heavy atom. The molecule has 10 aromatic carbocycles. The Bertz CT molecular complexity index is 3360. The highest BCUT2D eigenvalue weighted by molar-refractivity contribution is 5.97. The van der Waals surface area contributed by atoms with Crippen LogP contribution in [0.1, 0.15) is 0 Å². The van der Waals surface area contributed by atoms with Crippen LogP contribution in [-0.4, -0.2) is 0 Å². The van der Waals surface area contributed by atoms with Gasteiger partial charge in [0, 0.05) is 50.4 Å². The lowest BCUT2D eigenvalue weighted by molar-refractivity contribution is 0.487. The highest BCUT2D eigenvalue weighted by Gasteiger charge is 2.26. The molecule has 10 aromatic rings. The van der Waals surface area contributed by atoms with E-state index in [-0.39, 0.29) is 0 Å². The second kappa shape index (κ2) is 14.5. The zero-order valence-corrected chi connectivity index (χ0v) is 34.5. The first-order chi connectivity index (χ1) is 31.7. The lowest BCUT2D eigenvalue weighted by Gasteiger charge is -2.28. The Morgan fingerprint density at radius 2 is 0.484 bits per heavy atom. The van der Waals surface area contributed by atoms with Gasteiger partial charge in [0.1, 0.15) is 34.5 Å². The molecule has 300 valence electrons. The van der Waals surface area contributed by atoms with Crippen LogP contribution in [0.2, 0.25) is 0 Å². The van der Waals surface area contributed by atoms with Crippen LogP contribution in [0, 0.1) is 0 Å². The normalized spacial score (nSPS) is 12.1. The monoisotopic (exact) mass is 819 g/mol. The van der Waals surface area contributed by atoms with Crippen LogP contribution in [0.3, 0.4) is 0 Å². The van der Waals surface area contributed by atoms with Gasteiger partial charge in [0.25, 0.3) is 0 Å². The molecule has 64 heavy (non-hydrogen) atoms. The third kappa shape index (κ3) is 5.84. The van der Waals surface area contributed by atoms with Crippen molar-refractivity contribution in [2.45, 2.75) is 0 Å². The molecular formula is C60H37NO3. The van der Waals surface area contributed by atoms with Gasteiger partial charge in [-0.1, -0.05) is 146 Å². The van der Waals surface area contributed by atoms with Crippen LogP contribution in [0.5, 0.6) is 34.5 Å². The maximum atomic E-state index is 6.59. The predicted octanol–water partition coefficient (Wildman–Crippen LogP) is 17.1. The average molecular weight is 820 g/mol. The lowest BCUT2D eigenvalue weighted by atomic mass is 9.91. The van der Waals surface area contributed by atoms with E-state index in [1.165, 1.54) is 0 Å². The second-order valence-corrected chi connectivity index (χ2v) is 16.4. The van der Waals surface area contributed by atoms with E-state index >= 15 is 0 Å². The number of fused-ring (bicyclic) bond motifs is 15. The molecule has 0 N–H and O–H groups in total. The fourth-order valence-electron chi connectivity index (χ4n) is 9.71. The van der Waals surface area contributed by atoms with E-state index in [9.17, 15) is 0 Å². The van der Waals surface area contributed by atoms with E-state index in [4.69, 9.17) is 14.2 Å². The zero-order valence-electron chi connectivity index (χ0n) is 34.5. The first kappa shape index (κ1) is 36.1. The molecule has 0 aliphatic carbocycles. The molecule has 13 rings (SSSR count). The van der Waals surface area contributed by atoms with Gasteiger partial charge in [-0.15, -0.1) is 0 Å². The number of rotatable bonds is 4. The molecule has 0 bridgehead atoms. The van der Waals surface area contributed by atoms with Crippen molar-refractivity contribution in [3.05, 3.63) is 224 Å². The summed E-state index contributed by atoms with van der Waals surface area (Å²) < 4.78 is 19.7. The van der Waals surface area contributed by atoms with Crippen LogP contribution in [-0.2, 0) is 0 Å². The zero-order chi connectivity index (χ0) is 42.1. The molecule has 0 saturated carbocycles. The maximum Gasteiger partial charge on any atom is 0.135 e. The SMILES string of the molecule is c1ccc2c(c1)Oc1ccccc1-c1cc(-c3ccc(N(c4ccc5c(c4)-c4ccccc4Oc4ccccc4-5)c4ccc5c(c4)-c4ccccc4Oc4ccccc4-5)cc3)ccc1-2. The molecule has 0 radical (unpaired) electrons. The molecule has 0 saturated heterocycles. The summed E-state index contributed by atoms with van der Waals surface area (Å²) in [6.45, 7) is 0. The summed E-state index contributed by atoms with van der Waals surface area (Å²) in [5.74, 6) is 5.08. The molecule has 0 unspecified atom stereocenters. The summed E-state index contributed by atoms with van der Waals surface area (Å²) in [6, 6.07) is 79.2. The van der Waals surface area contributed by atoms with Gasteiger partial charge in [0.2, 0.25) is 0 Å². The summed E-state index contributed by atoms with van der Waals surface area (Å²) in [7, 11) is 0. The van der Waals surface area contributed by atoms with Gasteiger partial charge in [-0.25, -0.2) is 0 Å². The Morgan fingerprint density at radius 1 is 0.203 bits per heavy atom. The molecule has 0 aromatic heterocycles. The molecule has 3 aliphatic rings. The number of benzene rings is 10. The first-order valence-electron chi connectivity index (χ1n) is 21.6. The van der Waals surface area contributed by atoms with Gasteiger partial charge in [0.05, 0.1) is 0 Å². The van der Waals surface area contributed by atoms with Crippen molar-refractivity contribution >= 4 is 17.1 Å². The van der Waals surface area contributed by atoms with Crippen molar-refractivity contribution in [3.8, 4) is 112 Å². The Kier molecular flexibility index (Phi) is 8.18. The van der Waals surface area contributed by atoms with Gasteiger partial charge < -0.3 is 19.1 Å². The van der Waals surface area contributed by atoms with Crippen molar-refractivity contribution < 1.29 is 14.2 Å². The van der Waals surface area contributed by atoms with Crippen molar-refractivity contribution in [1.29, 1.82) is 0 Å². The van der Waals surface area contributed by atoms with Gasteiger partial charge in [-0.2, -0.15) is 0 Å². The van der Waals surface area contributed by atoms with E-state index in [2.05, 4.69) is 175 Å². The topological polar surface area (TPSA) is 30.9 Å². The molecule has 0 spiro atoms. The number of hydrogen-bond donors (Lipinski definition) is 0. The van der Waals surface area contributed by atoms with Crippen LogP contribution >= 0.6 is 0 Å². The molecule has 3 heterocycles. The van der Waals surface area contributed by atoms with Crippen molar-refractivity contribution in [2.24, 2.45) is 0 Å². The third-order valence-electron chi connectivity index (χ3n) is 12.7. The Labute approximate surface area is 371 Å². The van der Waals surface area contributed by atoms with E-state index in [1.54, 1.807) is 0 Å². The van der Waals surface area contributed by atoms with E-state index in [1.807, 2.05) is 54.6 Å². The van der Waals surface area contributed by atoms with Crippen molar-refractivity contribution in [3.63, 3.8) is 0 Å². The molecule has 4 heteroatoms. The molecule has 0 fully saturated rings. The number of para-hydroxylation sites is 6. The Balaban J connectivity index is 0.986. The number of ether oxygens (including phenoxy) is 3. The predicted molar refractivity (Wildman–Crippen MR) is 259 cm³/mol. The maximum absolute atomic E-state index is 6.59. The van der Waals surface area contributed by atoms with Crippen molar-refractivity contribution in [2.75, 3.05) is 4.90 Å². The summed E-state index contributed by atoms with van der Waals surface area (Å²) >= 11 is 0. The van der Waals surface area contributed by atoms with E-state index in [0.29, 0.717) is 0 Å². The smallest absolute Gasteiger partial charge is 0.135 e. The summed E-state index contributed by atoms with van der Waals surface area (Å²) in [5, 5.41) is 0. The van der Waals surface area contributed by atoms with Gasteiger partial charge >= 0.3 is 0 Å². The quantitative estimate of drug-likeness (QED) is 0.177. The van der Waals surface area contributed by atoms with E-state index in [0.717, 1.165) is 129 Å². The van der Waals surface area contributed by atoms with Gasteiger partial charge in [0.15, 0.2) is 0 Å². The molecule has 0 amide bonds. The standard InChI is InChI=1S/C60H37NO3/c1-7-19-55-46(13-1)43-32-27-39(35-52(43)49-16-4-10-22-58(49)62-55)38-25-28-40(29-26-38)61(41-30-33-44-47-14-2-8-20-56(47)63-59-23-11-5-17-50(59)53(44)36-41)42-31-34-45-48-15-3-9-21-57(48)64-60-24-12-6-18-51(60)54(45)37-42/h1-37H. The van der Waals surface area contributed by atoms with Gasteiger partial charge in [-0.3, -0.25) is 0 Å². The first-order valence-corrected chi connectivity index (χ1v) is 21.6. The molecule has 0 atom stereocenters. The van der Waals surface area contributed by atoms with Crippen LogP contribution in [0.25, 0.3) is 77.9 Å². The minimum absolute atomic E-state index is 0.834. The Hall–Kier alpha value is -8.60. The minimum atomic E-state index is 0.834. The number of hydrogen-bond acceptors (Lipinski definition) is 4. The minimum Gasteiger partial charge on any atom is -0.456 e. The molecule has 4 nitrogen and oxygen atoms in total. The van der Waals surface area contributed by atoms with E-state index < -0.39 is 0 Å². The second-order valence-electron chi connectivity index (χ2n) is 16.4. The van der Waals surface area contributed by atoms with Crippen molar-refractivity contribution in [1.82, 2.24) is 0 Å². The summed E-state index contributed by atoms with van der Waals surface area (Å²) in [4.78, 5) is 2.37. The summed E-state index contributed by atoms with van der Waals surface area (Å²) in [5.41, 5.74) is 18.5. The fraction of sp³-hybridized carbons (Fsp3) is 0. The average Bonchev–Trinajstić information content (AvgIpc) is 3.66.